The number of hydrogen-bond acceptors (Lipinski definition) is 3. The van der Waals surface area contributed by atoms with Gasteiger partial charge in [0.15, 0.2) is 0 Å². The largest absolute Gasteiger partial charge is 0.370 e. The predicted octanol–water partition coefficient (Wildman–Crippen LogP) is 3.20. The molecule has 3 atom stereocenters. The van der Waals surface area contributed by atoms with Crippen LogP contribution >= 0.6 is 11.3 Å². The van der Waals surface area contributed by atoms with Crippen LogP contribution in [0.5, 0.6) is 0 Å². The van der Waals surface area contributed by atoms with Crippen molar-refractivity contribution >= 4 is 11.3 Å². The summed E-state index contributed by atoms with van der Waals surface area (Å²) < 4.78 is 23.7. The van der Waals surface area contributed by atoms with E-state index in [4.69, 9.17) is 13.9 Å². The van der Waals surface area contributed by atoms with Gasteiger partial charge in [-0.15, -0.1) is 17.8 Å². The SMILES string of the molecule is [2H]C1C2(CCN(CC#C)[C@]1([2H])C)OCCc1sc(CC)cc12. The van der Waals surface area contributed by atoms with Gasteiger partial charge in [0.05, 0.1) is 18.8 Å². The molecule has 0 aliphatic carbocycles. The van der Waals surface area contributed by atoms with E-state index in [1.807, 2.05) is 16.2 Å². The third-order valence-corrected chi connectivity index (χ3v) is 5.67. The van der Waals surface area contributed by atoms with Crippen LogP contribution in [0.15, 0.2) is 6.07 Å². The number of rotatable bonds is 2. The summed E-state index contributed by atoms with van der Waals surface area (Å²) >= 11 is 1.85. The molecule has 1 spiro atoms. The van der Waals surface area contributed by atoms with Gasteiger partial charge in [-0.3, -0.25) is 4.90 Å². The number of nitrogens with zero attached hydrogens (tertiary/aromatic N) is 1. The van der Waals surface area contributed by atoms with Gasteiger partial charge in [-0.1, -0.05) is 12.8 Å². The fourth-order valence-corrected chi connectivity index (χ4v) is 4.39. The maximum absolute atomic E-state index is 8.81. The van der Waals surface area contributed by atoms with Gasteiger partial charge in [0.2, 0.25) is 0 Å². The van der Waals surface area contributed by atoms with Crippen LogP contribution in [-0.2, 0) is 23.2 Å². The van der Waals surface area contributed by atoms with Crippen molar-refractivity contribution in [2.75, 3.05) is 19.7 Å². The lowest BCUT2D eigenvalue weighted by Gasteiger charge is -2.46. The van der Waals surface area contributed by atoms with Crippen molar-refractivity contribution in [1.82, 2.24) is 4.90 Å². The van der Waals surface area contributed by atoms with E-state index in [1.54, 1.807) is 6.92 Å². The summed E-state index contributed by atoms with van der Waals surface area (Å²) in [5.41, 5.74) is 0.526. The third kappa shape index (κ3) is 2.30. The van der Waals surface area contributed by atoms with Gasteiger partial charge in [0.1, 0.15) is 0 Å². The maximum atomic E-state index is 8.81. The minimum absolute atomic E-state index is 0.419. The van der Waals surface area contributed by atoms with E-state index in [2.05, 4.69) is 18.9 Å². The highest BCUT2D eigenvalue weighted by molar-refractivity contribution is 7.12. The van der Waals surface area contributed by atoms with Crippen LogP contribution in [0.3, 0.4) is 0 Å². The number of fused-ring (bicyclic) bond motifs is 2. The van der Waals surface area contributed by atoms with Gasteiger partial charge in [-0.2, -0.15) is 0 Å². The monoisotopic (exact) mass is 291 g/mol. The summed E-state index contributed by atoms with van der Waals surface area (Å²) in [6, 6.07) is 1.18. The summed E-state index contributed by atoms with van der Waals surface area (Å²) in [6.45, 7) is 5.73. The molecule has 0 amide bonds. The van der Waals surface area contributed by atoms with Gasteiger partial charge >= 0.3 is 0 Å². The molecule has 1 saturated heterocycles. The van der Waals surface area contributed by atoms with Crippen molar-refractivity contribution < 1.29 is 7.48 Å². The molecule has 1 fully saturated rings. The second-order valence-electron chi connectivity index (χ2n) is 5.55. The normalized spacial score (nSPS) is 39.0. The van der Waals surface area contributed by atoms with Gasteiger partial charge in [-0.05, 0) is 37.8 Å². The molecule has 0 saturated carbocycles. The van der Waals surface area contributed by atoms with Crippen molar-refractivity contribution in [3.05, 3.63) is 21.4 Å². The van der Waals surface area contributed by atoms with E-state index >= 15 is 0 Å². The molecule has 2 unspecified atom stereocenters. The molecule has 1 aromatic heterocycles. The first-order valence-electron chi connectivity index (χ1n) is 8.40. The van der Waals surface area contributed by atoms with Crippen LogP contribution in [-0.4, -0.2) is 30.6 Å². The zero-order chi connectivity index (χ0) is 16.0. The Morgan fingerprint density at radius 2 is 2.60 bits per heavy atom. The summed E-state index contributed by atoms with van der Waals surface area (Å²) in [4.78, 5) is 4.61. The lowest BCUT2D eigenvalue weighted by molar-refractivity contribution is -0.109. The summed E-state index contributed by atoms with van der Waals surface area (Å²) in [5, 5.41) is 0. The van der Waals surface area contributed by atoms with Crippen LogP contribution in [0.2, 0.25) is 0 Å². The molecule has 0 bridgehead atoms. The number of aryl methyl sites for hydroxylation is 1. The molecular weight excluding hydrogens is 266 g/mol. The highest BCUT2D eigenvalue weighted by atomic mass is 32.1. The molecule has 20 heavy (non-hydrogen) atoms. The summed E-state index contributed by atoms with van der Waals surface area (Å²) in [6.07, 6.45) is 7.44. The Bertz CT molecular complexity index is 606. The van der Waals surface area contributed by atoms with E-state index < -0.39 is 18.0 Å². The van der Waals surface area contributed by atoms with Gasteiger partial charge < -0.3 is 4.74 Å². The van der Waals surface area contributed by atoms with Crippen molar-refractivity contribution in [2.45, 2.75) is 51.1 Å². The second kappa shape index (κ2) is 5.52. The van der Waals surface area contributed by atoms with Gasteiger partial charge in [0.25, 0.3) is 0 Å². The van der Waals surface area contributed by atoms with Crippen LogP contribution in [0, 0.1) is 12.3 Å². The quantitative estimate of drug-likeness (QED) is 0.776. The molecule has 2 aliphatic heterocycles. The van der Waals surface area contributed by atoms with E-state index in [9.17, 15) is 0 Å². The Morgan fingerprint density at radius 1 is 1.75 bits per heavy atom. The molecule has 2 nitrogen and oxygen atoms in total. The molecular formula is C17H23NOS. The lowest BCUT2D eigenvalue weighted by Crippen LogP contribution is -2.50. The standard InChI is InChI=1S/C17H23NOS/c1-4-8-18-9-7-17(12-13(18)3)15-11-14(5-2)20-16(15)6-10-19-17/h1,11,13H,5-10,12H2,2-3H3/t13-,17?/m1/s1/i12D,13D/t12?,13-,17?. The van der Waals surface area contributed by atoms with E-state index in [1.165, 1.54) is 15.3 Å². The Morgan fingerprint density at radius 3 is 3.35 bits per heavy atom. The fraction of sp³-hybridized carbons (Fsp3) is 0.647. The first-order chi connectivity index (χ1) is 10.5. The molecule has 0 N–H and O–H groups in total. The van der Waals surface area contributed by atoms with E-state index in [0.717, 1.165) is 19.3 Å². The predicted molar refractivity (Wildman–Crippen MR) is 84.1 cm³/mol. The molecule has 1 aromatic rings. The highest BCUT2D eigenvalue weighted by Gasteiger charge is 2.44. The minimum Gasteiger partial charge on any atom is -0.370 e. The second-order valence-corrected chi connectivity index (χ2v) is 6.77. The Balaban J connectivity index is 2.02. The average Bonchev–Trinajstić information content (AvgIpc) is 2.93. The summed E-state index contributed by atoms with van der Waals surface area (Å²) in [7, 11) is 0. The number of terminal acetylenes is 1. The summed E-state index contributed by atoms with van der Waals surface area (Å²) in [5.74, 6) is 2.62. The van der Waals surface area contributed by atoms with Crippen molar-refractivity contribution in [1.29, 1.82) is 0 Å². The number of piperidine rings is 1. The van der Waals surface area contributed by atoms with Gasteiger partial charge in [0, 0.05) is 31.5 Å². The number of ether oxygens (including phenoxy) is 1. The highest BCUT2D eigenvalue weighted by Crippen LogP contribution is 2.46. The lowest BCUT2D eigenvalue weighted by atomic mass is 9.79. The van der Waals surface area contributed by atoms with Crippen LogP contribution < -0.4 is 0 Å². The van der Waals surface area contributed by atoms with Gasteiger partial charge in [-0.25, -0.2) is 0 Å². The Kier molecular flexibility index (Phi) is 3.26. The topological polar surface area (TPSA) is 12.5 Å². The van der Waals surface area contributed by atoms with Crippen LogP contribution in [0.25, 0.3) is 0 Å². The molecule has 3 heteroatoms. The van der Waals surface area contributed by atoms with Crippen molar-refractivity contribution in [3.8, 4) is 12.3 Å². The zero-order valence-electron chi connectivity index (χ0n) is 14.2. The molecule has 108 valence electrons. The first-order valence-corrected chi connectivity index (χ1v) is 8.14. The molecule has 3 rings (SSSR count). The number of thiophene rings is 1. The van der Waals surface area contributed by atoms with E-state index in [-0.39, 0.29) is 0 Å². The maximum Gasteiger partial charge on any atom is 0.0969 e. The van der Waals surface area contributed by atoms with E-state index in [0.29, 0.717) is 19.7 Å². The molecule has 0 aromatic carbocycles. The molecule has 3 heterocycles. The smallest absolute Gasteiger partial charge is 0.0969 e. The Hall–Kier alpha value is -0.820. The zero-order valence-corrected chi connectivity index (χ0v) is 13.1. The average molecular weight is 291 g/mol. The first kappa shape index (κ1) is 11.8. The fourth-order valence-electron chi connectivity index (χ4n) is 3.22. The number of hydrogen-bond donors (Lipinski definition) is 0. The molecule has 2 aliphatic rings. The molecule has 0 radical (unpaired) electrons. The van der Waals surface area contributed by atoms with Crippen molar-refractivity contribution in [3.63, 3.8) is 0 Å². The van der Waals surface area contributed by atoms with Crippen LogP contribution in [0.4, 0.5) is 0 Å². The minimum atomic E-state index is -1.03. The Labute approximate surface area is 128 Å². The van der Waals surface area contributed by atoms with Crippen molar-refractivity contribution in [2.24, 2.45) is 0 Å². The van der Waals surface area contributed by atoms with Crippen LogP contribution in [0.1, 0.15) is 44.7 Å². The number of likely N-dealkylation sites (tertiary alicyclic amines) is 1. The third-order valence-electron chi connectivity index (χ3n) is 4.33.